The Balaban J connectivity index is 1.63. The number of likely N-dealkylation sites (tertiary alicyclic amines) is 1. The number of aromatic nitrogens is 3. The van der Waals surface area contributed by atoms with Gasteiger partial charge in [-0.1, -0.05) is 5.16 Å². The molecule has 2 aliphatic rings. The van der Waals surface area contributed by atoms with Crippen molar-refractivity contribution in [3.8, 4) is 0 Å². The Morgan fingerprint density at radius 1 is 1.41 bits per heavy atom. The molecule has 4 heterocycles. The van der Waals surface area contributed by atoms with Crippen LogP contribution in [-0.2, 0) is 10.2 Å². The van der Waals surface area contributed by atoms with Gasteiger partial charge in [0, 0.05) is 32.0 Å². The summed E-state index contributed by atoms with van der Waals surface area (Å²) in [7, 11) is 0. The third-order valence-corrected chi connectivity index (χ3v) is 4.45. The van der Waals surface area contributed by atoms with Crippen molar-refractivity contribution in [3.63, 3.8) is 0 Å². The summed E-state index contributed by atoms with van der Waals surface area (Å²) in [6.07, 6.45) is 0. The Kier molecular flexibility index (Phi) is 2.83. The lowest BCUT2D eigenvalue weighted by molar-refractivity contribution is 0.0698. The van der Waals surface area contributed by atoms with Gasteiger partial charge in [0.25, 0.3) is 5.91 Å². The van der Waals surface area contributed by atoms with E-state index in [1.807, 2.05) is 0 Å². The van der Waals surface area contributed by atoms with Gasteiger partial charge in [-0.25, -0.2) is 0 Å². The van der Waals surface area contributed by atoms with E-state index in [1.165, 1.54) is 0 Å². The van der Waals surface area contributed by atoms with Crippen LogP contribution >= 0.6 is 0 Å². The second kappa shape index (κ2) is 4.64. The molecular weight excluding hydrogens is 288 g/mol. The number of amides is 1. The highest BCUT2D eigenvalue weighted by Gasteiger charge is 2.56. The minimum absolute atomic E-state index is 0.153. The van der Waals surface area contributed by atoms with Crippen molar-refractivity contribution in [3.05, 3.63) is 29.3 Å². The monoisotopic (exact) mass is 304 g/mol. The molecule has 2 fully saturated rings. The number of carbonyl (C=O) groups excluding carboxylic acids is 1. The highest BCUT2D eigenvalue weighted by Crippen LogP contribution is 2.43. The molecule has 2 aliphatic heterocycles. The van der Waals surface area contributed by atoms with E-state index < -0.39 is 5.41 Å². The van der Waals surface area contributed by atoms with E-state index in [-0.39, 0.29) is 17.6 Å². The molecular formula is C14H16N4O4. The SMILES string of the molecule is Cc1cc(C(=O)N2C[C@@H]3COC[C@]3(c3nnc(C)o3)C2)on1. The van der Waals surface area contributed by atoms with Crippen molar-refractivity contribution in [2.45, 2.75) is 19.3 Å². The van der Waals surface area contributed by atoms with E-state index in [9.17, 15) is 4.79 Å². The van der Waals surface area contributed by atoms with Gasteiger partial charge in [0.2, 0.25) is 17.5 Å². The van der Waals surface area contributed by atoms with Crippen LogP contribution in [0, 0.1) is 19.8 Å². The maximum atomic E-state index is 12.6. The van der Waals surface area contributed by atoms with Crippen LogP contribution in [0.3, 0.4) is 0 Å². The predicted molar refractivity (Wildman–Crippen MR) is 72.2 cm³/mol. The molecule has 8 nitrogen and oxygen atoms in total. The van der Waals surface area contributed by atoms with E-state index >= 15 is 0 Å². The summed E-state index contributed by atoms with van der Waals surface area (Å²) in [6.45, 7) is 5.68. The number of ether oxygens (including phenoxy) is 1. The van der Waals surface area contributed by atoms with Gasteiger partial charge >= 0.3 is 0 Å². The largest absolute Gasteiger partial charge is 0.425 e. The van der Waals surface area contributed by atoms with Gasteiger partial charge in [-0.3, -0.25) is 4.79 Å². The molecule has 0 bridgehead atoms. The van der Waals surface area contributed by atoms with Crippen LogP contribution in [0.4, 0.5) is 0 Å². The minimum Gasteiger partial charge on any atom is -0.425 e. The molecule has 0 unspecified atom stereocenters. The number of aryl methyl sites for hydroxylation is 2. The van der Waals surface area contributed by atoms with Crippen molar-refractivity contribution in [1.82, 2.24) is 20.3 Å². The van der Waals surface area contributed by atoms with Gasteiger partial charge in [0.1, 0.15) is 0 Å². The molecule has 4 rings (SSSR count). The maximum absolute atomic E-state index is 12.6. The van der Waals surface area contributed by atoms with E-state index in [1.54, 1.807) is 24.8 Å². The lowest BCUT2D eigenvalue weighted by Gasteiger charge is -2.22. The molecule has 8 heteroatoms. The van der Waals surface area contributed by atoms with Crippen LogP contribution in [0.5, 0.6) is 0 Å². The molecule has 22 heavy (non-hydrogen) atoms. The Morgan fingerprint density at radius 3 is 2.95 bits per heavy atom. The molecule has 116 valence electrons. The number of fused-ring (bicyclic) bond motifs is 1. The molecule has 2 aromatic rings. The summed E-state index contributed by atoms with van der Waals surface area (Å²) in [5.41, 5.74) is 0.278. The third-order valence-electron chi connectivity index (χ3n) is 4.45. The van der Waals surface area contributed by atoms with Crippen LogP contribution in [0.25, 0.3) is 0 Å². The van der Waals surface area contributed by atoms with E-state index in [0.717, 1.165) is 0 Å². The maximum Gasteiger partial charge on any atom is 0.292 e. The van der Waals surface area contributed by atoms with Gasteiger partial charge in [-0.15, -0.1) is 10.2 Å². The van der Waals surface area contributed by atoms with Gasteiger partial charge in [-0.2, -0.15) is 0 Å². The summed E-state index contributed by atoms with van der Waals surface area (Å²) < 4.78 is 16.3. The second-order valence-electron chi connectivity index (χ2n) is 6.01. The van der Waals surface area contributed by atoms with Crippen molar-refractivity contribution in [1.29, 1.82) is 0 Å². The first-order valence-electron chi connectivity index (χ1n) is 7.19. The van der Waals surface area contributed by atoms with Crippen molar-refractivity contribution >= 4 is 5.91 Å². The van der Waals surface area contributed by atoms with E-state index in [4.69, 9.17) is 13.7 Å². The zero-order valence-electron chi connectivity index (χ0n) is 12.4. The lowest BCUT2D eigenvalue weighted by Crippen LogP contribution is -2.37. The number of rotatable bonds is 2. The fraction of sp³-hybridized carbons (Fsp3) is 0.571. The van der Waals surface area contributed by atoms with Crippen LogP contribution in [0.2, 0.25) is 0 Å². The van der Waals surface area contributed by atoms with Crippen LogP contribution in [0.15, 0.2) is 15.0 Å². The highest BCUT2D eigenvalue weighted by molar-refractivity contribution is 5.91. The van der Waals surface area contributed by atoms with Crippen LogP contribution in [0.1, 0.15) is 28.0 Å². The van der Waals surface area contributed by atoms with E-state index in [2.05, 4.69) is 15.4 Å². The first-order chi connectivity index (χ1) is 10.6. The predicted octanol–water partition coefficient (Wildman–Crippen LogP) is 0.715. The van der Waals surface area contributed by atoms with Crippen molar-refractivity contribution in [2.24, 2.45) is 5.92 Å². The van der Waals surface area contributed by atoms with Crippen LogP contribution < -0.4 is 0 Å². The highest BCUT2D eigenvalue weighted by atomic mass is 16.5. The second-order valence-corrected chi connectivity index (χ2v) is 6.01. The fourth-order valence-corrected chi connectivity index (χ4v) is 3.31. The van der Waals surface area contributed by atoms with Crippen molar-refractivity contribution < 1.29 is 18.5 Å². The smallest absolute Gasteiger partial charge is 0.292 e. The first-order valence-corrected chi connectivity index (χ1v) is 7.19. The standard InChI is InChI=1S/C14H16N4O4/c1-8-3-11(22-17-8)12(19)18-4-10-5-20-7-14(10,6-18)13-16-15-9(2)21-13/h3,10H,4-7H2,1-2H3/t10-,14-/m1/s1. The lowest BCUT2D eigenvalue weighted by atomic mass is 9.81. The minimum atomic E-state index is -0.411. The number of hydrogen-bond acceptors (Lipinski definition) is 7. The van der Waals surface area contributed by atoms with Crippen molar-refractivity contribution in [2.75, 3.05) is 26.3 Å². The summed E-state index contributed by atoms with van der Waals surface area (Å²) in [4.78, 5) is 14.3. The quantitative estimate of drug-likeness (QED) is 0.806. The Hall–Kier alpha value is -2.22. The van der Waals surface area contributed by atoms with E-state index in [0.29, 0.717) is 43.8 Å². The molecule has 1 amide bonds. The summed E-state index contributed by atoms with van der Waals surface area (Å²) in [6, 6.07) is 1.65. The molecule has 2 atom stereocenters. The molecule has 0 radical (unpaired) electrons. The first kappa shape index (κ1) is 13.4. The molecule has 0 spiro atoms. The third kappa shape index (κ3) is 1.87. The molecule has 2 saturated heterocycles. The number of nitrogens with zero attached hydrogens (tertiary/aromatic N) is 4. The normalized spacial score (nSPS) is 27.4. The zero-order chi connectivity index (χ0) is 15.3. The Bertz CT molecular complexity index is 724. The Morgan fingerprint density at radius 2 is 2.27 bits per heavy atom. The Labute approximate surface area is 126 Å². The molecule has 0 aliphatic carbocycles. The molecule has 2 aromatic heterocycles. The number of carbonyl (C=O) groups is 1. The topological polar surface area (TPSA) is 94.5 Å². The van der Waals surface area contributed by atoms with Gasteiger partial charge in [0.15, 0.2) is 0 Å². The molecule has 0 aromatic carbocycles. The van der Waals surface area contributed by atoms with Crippen LogP contribution in [-0.4, -0.2) is 52.5 Å². The van der Waals surface area contributed by atoms with Gasteiger partial charge in [0.05, 0.1) is 24.3 Å². The number of hydrogen-bond donors (Lipinski definition) is 0. The molecule has 0 saturated carbocycles. The summed E-state index contributed by atoms with van der Waals surface area (Å²) in [5.74, 6) is 1.32. The fourth-order valence-electron chi connectivity index (χ4n) is 3.31. The van der Waals surface area contributed by atoms with Gasteiger partial charge in [-0.05, 0) is 6.92 Å². The summed E-state index contributed by atoms with van der Waals surface area (Å²) >= 11 is 0. The zero-order valence-corrected chi connectivity index (χ0v) is 12.4. The average molecular weight is 304 g/mol. The average Bonchev–Trinajstić information content (AvgIpc) is 3.19. The molecule has 0 N–H and O–H groups in total. The van der Waals surface area contributed by atoms with Gasteiger partial charge < -0.3 is 18.6 Å². The summed E-state index contributed by atoms with van der Waals surface area (Å²) in [5, 5.41) is 11.8.